The molecule has 0 amide bonds. The fourth-order valence-corrected chi connectivity index (χ4v) is 1.41. The summed E-state index contributed by atoms with van der Waals surface area (Å²) in [7, 11) is 0. The maximum atomic E-state index is 5.57. The number of hydrogen-bond acceptors (Lipinski definition) is 2. The van der Waals surface area contributed by atoms with Crippen molar-refractivity contribution in [1.82, 2.24) is 0 Å². The summed E-state index contributed by atoms with van der Waals surface area (Å²) in [5.41, 5.74) is 5.57. The van der Waals surface area contributed by atoms with E-state index < -0.39 is 0 Å². The molecule has 0 fully saturated rings. The SMILES string of the molecule is C[C@@H]1CC(N)=N[C@@H](C)C1. The van der Waals surface area contributed by atoms with Crippen molar-refractivity contribution in [1.29, 1.82) is 0 Å². The van der Waals surface area contributed by atoms with E-state index >= 15 is 0 Å². The van der Waals surface area contributed by atoms with Crippen molar-refractivity contribution in [2.75, 3.05) is 0 Å². The number of rotatable bonds is 0. The fourth-order valence-electron chi connectivity index (χ4n) is 1.41. The Morgan fingerprint density at radius 2 is 2.22 bits per heavy atom. The van der Waals surface area contributed by atoms with Crippen LogP contribution in [0.4, 0.5) is 0 Å². The highest BCUT2D eigenvalue weighted by atomic mass is 14.9. The van der Waals surface area contributed by atoms with Gasteiger partial charge in [-0.25, -0.2) is 0 Å². The second-order valence-corrected chi connectivity index (χ2v) is 3.01. The molecule has 0 saturated heterocycles. The van der Waals surface area contributed by atoms with Crippen LogP contribution < -0.4 is 5.73 Å². The second kappa shape index (κ2) is 2.38. The molecule has 9 heavy (non-hydrogen) atoms. The molecule has 1 aliphatic rings. The molecule has 0 aliphatic carbocycles. The standard InChI is InChI=1S/C7H14N2/c1-5-3-6(2)9-7(8)4-5/h5-6H,3-4H2,1-2H3,(H2,8,9)/t5-,6-/m0/s1. The topological polar surface area (TPSA) is 38.4 Å². The minimum Gasteiger partial charge on any atom is -0.387 e. The van der Waals surface area contributed by atoms with Crippen molar-refractivity contribution in [3.63, 3.8) is 0 Å². The lowest BCUT2D eigenvalue weighted by molar-refractivity contribution is 0.472. The number of nitrogens with zero attached hydrogens (tertiary/aromatic N) is 1. The van der Waals surface area contributed by atoms with Gasteiger partial charge in [0.15, 0.2) is 0 Å². The molecule has 0 saturated carbocycles. The Kier molecular flexibility index (Phi) is 1.74. The highest BCUT2D eigenvalue weighted by Crippen LogP contribution is 2.17. The minimum absolute atomic E-state index is 0.453. The molecule has 2 nitrogen and oxygen atoms in total. The average molecular weight is 126 g/mol. The predicted molar refractivity (Wildman–Crippen MR) is 39.5 cm³/mol. The highest BCUT2D eigenvalue weighted by Gasteiger charge is 2.14. The first-order valence-electron chi connectivity index (χ1n) is 3.50. The van der Waals surface area contributed by atoms with Gasteiger partial charge in [-0.05, 0) is 19.3 Å². The maximum absolute atomic E-state index is 5.57. The van der Waals surface area contributed by atoms with Crippen LogP contribution in [0.25, 0.3) is 0 Å². The number of aliphatic imine (C=N–C) groups is 1. The molecule has 2 atom stereocenters. The summed E-state index contributed by atoms with van der Waals surface area (Å²) in [5.74, 6) is 1.57. The van der Waals surface area contributed by atoms with Crippen molar-refractivity contribution < 1.29 is 0 Å². The molecular formula is C7H14N2. The summed E-state index contributed by atoms with van der Waals surface area (Å²) in [6.07, 6.45) is 2.19. The lowest BCUT2D eigenvalue weighted by Crippen LogP contribution is -2.25. The Hall–Kier alpha value is -0.530. The van der Waals surface area contributed by atoms with E-state index in [0.717, 1.165) is 18.2 Å². The average Bonchev–Trinajstić information content (AvgIpc) is 1.59. The van der Waals surface area contributed by atoms with Crippen molar-refractivity contribution >= 4 is 5.84 Å². The molecule has 2 N–H and O–H groups in total. The molecule has 1 heterocycles. The number of nitrogens with two attached hydrogens (primary N) is 1. The van der Waals surface area contributed by atoms with Crippen LogP contribution in [0.1, 0.15) is 26.7 Å². The first-order chi connectivity index (χ1) is 4.18. The first kappa shape index (κ1) is 6.59. The van der Waals surface area contributed by atoms with E-state index in [2.05, 4.69) is 18.8 Å². The van der Waals surface area contributed by atoms with E-state index in [1.807, 2.05) is 0 Å². The number of amidine groups is 1. The van der Waals surface area contributed by atoms with Crippen LogP contribution in [0, 0.1) is 5.92 Å². The fraction of sp³-hybridized carbons (Fsp3) is 0.857. The molecule has 1 aliphatic heterocycles. The molecule has 0 radical (unpaired) electrons. The molecule has 0 bridgehead atoms. The largest absolute Gasteiger partial charge is 0.387 e. The Bertz CT molecular complexity index is 129. The summed E-state index contributed by atoms with van der Waals surface area (Å²) in [5, 5.41) is 0. The molecule has 0 aromatic heterocycles. The minimum atomic E-state index is 0.453. The third kappa shape index (κ3) is 1.70. The van der Waals surface area contributed by atoms with Crippen molar-refractivity contribution in [3.8, 4) is 0 Å². The number of hydrogen-bond donors (Lipinski definition) is 1. The molecule has 1 rings (SSSR count). The van der Waals surface area contributed by atoms with E-state index in [1.165, 1.54) is 6.42 Å². The molecule has 0 aromatic rings. The molecule has 0 spiro atoms. The van der Waals surface area contributed by atoms with Crippen LogP contribution in [0.3, 0.4) is 0 Å². The Morgan fingerprint density at radius 1 is 1.56 bits per heavy atom. The third-order valence-electron chi connectivity index (χ3n) is 1.69. The van der Waals surface area contributed by atoms with Gasteiger partial charge in [0.2, 0.25) is 0 Å². The van der Waals surface area contributed by atoms with Crippen LogP contribution in [0.15, 0.2) is 4.99 Å². The van der Waals surface area contributed by atoms with Gasteiger partial charge in [0.05, 0.1) is 5.84 Å². The zero-order valence-electron chi connectivity index (χ0n) is 6.09. The summed E-state index contributed by atoms with van der Waals surface area (Å²) >= 11 is 0. The quantitative estimate of drug-likeness (QED) is 0.519. The van der Waals surface area contributed by atoms with Crippen LogP contribution in [-0.4, -0.2) is 11.9 Å². The van der Waals surface area contributed by atoms with E-state index in [-0.39, 0.29) is 0 Å². The van der Waals surface area contributed by atoms with Gasteiger partial charge < -0.3 is 5.73 Å². The van der Waals surface area contributed by atoms with Gasteiger partial charge in [-0.2, -0.15) is 0 Å². The summed E-state index contributed by atoms with van der Waals surface area (Å²) in [4.78, 5) is 4.23. The van der Waals surface area contributed by atoms with Gasteiger partial charge in [-0.1, -0.05) is 6.92 Å². The maximum Gasteiger partial charge on any atom is 0.0943 e. The van der Waals surface area contributed by atoms with Gasteiger partial charge in [0, 0.05) is 12.5 Å². The molecule has 0 aromatic carbocycles. The first-order valence-corrected chi connectivity index (χ1v) is 3.50. The van der Waals surface area contributed by atoms with Gasteiger partial charge in [0.25, 0.3) is 0 Å². The molecule has 52 valence electrons. The molecule has 2 heteroatoms. The predicted octanol–water partition coefficient (Wildman–Crippen LogP) is 1.16. The second-order valence-electron chi connectivity index (χ2n) is 3.01. The lowest BCUT2D eigenvalue weighted by Gasteiger charge is -2.20. The normalized spacial score (nSPS) is 36.0. The smallest absolute Gasteiger partial charge is 0.0943 e. The summed E-state index contributed by atoms with van der Waals surface area (Å²) in [6.45, 7) is 4.33. The third-order valence-corrected chi connectivity index (χ3v) is 1.69. The molecular weight excluding hydrogens is 112 g/mol. The van der Waals surface area contributed by atoms with E-state index in [0.29, 0.717) is 6.04 Å². The van der Waals surface area contributed by atoms with Crippen LogP contribution in [0.5, 0.6) is 0 Å². The van der Waals surface area contributed by atoms with Crippen molar-refractivity contribution in [3.05, 3.63) is 0 Å². The summed E-state index contributed by atoms with van der Waals surface area (Å²) < 4.78 is 0. The Balaban J connectivity index is 2.56. The van der Waals surface area contributed by atoms with E-state index in [9.17, 15) is 0 Å². The van der Waals surface area contributed by atoms with Gasteiger partial charge >= 0.3 is 0 Å². The molecule has 0 unspecified atom stereocenters. The monoisotopic (exact) mass is 126 g/mol. The Labute approximate surface area is 56.2 Å². The van der Waals surface area contributed by atoms with E-state index in [1.54, 1.807) is 0 Å². The Morgan fingerprint density at radius 3 is 2.67 bits per heavy atom. The van der Waals surface area contributed by atoms with E-state index in [4.69, 9.17) is 5.73 Å². The lowest BCUT2D eigenvalue weighted by atomic mass is 9.96. The zero-order valence-corrected chi connectivity index (χ0v) is 6.09. The van der Waals surface area contributed by atoms with Crippen molar-refractivity contribution in [2.24, 2.45) is 16.6 Å². The van der Waals surface area contributed by atoms with Crippen LogP contribution >= 0.6 is 0 Å². The van der Waals surface area contributed by atoms with Gasteiger partial charge in [-0.3, -0.25) is 4.99 Å². The van der Waals surface area contributed by atoms with Crippen molar-refractivity contribution in [2.45, 2.75) is 32.7 Å². The highest BCUT2D eigenvalue weighted by molar-refractivity contribution is 5.81. The van der Waals surface area contributed by atoms with Crippen LogP contribution in [0.2, 0.25) is 0 Å². The zero-order chi connectivity index (χ0) is 6.85. The van der Waals surface area contributed by atoms with Gasteiger partial charge in [-0.15, -0.1) is 0 Å². The van der Waals surface area contributed by atoms with Gasteiger partial charge in [0.1, 0.15) is 0 Å². The van der Waals surface area contributed by atoms with Crippen LogP contribution in [-0.2, 0) is 0 Å². The summed E-state index contributed by atoms with van der Waals surface area (Å²) in [6, 6.07) is 0.453.